The van der Waals surface area contributed by atoms with E-state index in [1.807, 2.05) is 13.8 Å². The molecule has 0 aromatic carbocycles. The minimum Gasteiger partial charge on any atom is -0.480 e. The van der Waals surface area contributed by atoms with Crippen molar-refractivity contribution in [2.45, 2.75) is 39.2 Å². The Labute approximate surface area is 79.7 Å². The van der Waals surface area contributed by atoms with Gasteiger partial charge in [0, 0.05) is 0 Å². The lowest BCUT2D eigenvalue weighted by Gasteiger charge is -2.34. The zero-order valence-corrected chi connectivity index (χ0v) is 8.49. The van der Waals surface area contributed by atoms with Gasteiger partial charge in [-0.2, -0.15) is 0 Å². The van der Waals surface area contributed by atoms with Crippen LogP contribution in [0.15, 0.2) is 0 Å². The number of carboxylic acids is 1. The van der Waals surface area contributed by atoms with Gasteiger partial charge in [0.05, 0.1) is 0 Å². The van der Waals surface area contributed by atoms with Gasteiger partial charge in [0.1, 0.15) is 6.04 Å². The normalized spacial score (nSPS) is 21.8. The van der Waals surface area contributed by atoms with Crippen molar-refractivity contribution in [3.63, 3.8) is 0 Å². The van der Waals surface area contributed by atoms with Crippen LogP contribution in [0.5, 0.6) is 0 Å². The molecule has 1 aliphatic rings. The Kier molecular flexibility index (Phi) is 3.72. The SMILES string of the molecule is CC(C)[C@H](C(=O)O)N1CCCCC1. The van der Waals surface area contributed by atoms with Crippen molar-refractivity contribution in [2.75, 3.05) is 13.1 Å². The molecule has 1 N–H and O–H groups in total. The highest BCUT2D eigenvalue weighted by Gasteiger charge is 2.29. The van der Waals surface area contributed by atoms with Crippen molar-refractivity contribution in [2.24, 2.45) is 5.92 Å². The fraction of sp³-hybridized carbons (Fsp3) is 0.900. The summed E-state index contributed by atoms with van der Waals surface area (Å²) < 4.78 is 0. The first-order valence-corrected chi connectivity index (χ1v) is 5.10. The Morgan fingerprint density at radius 1 is 1.23 bits per heavy atom. The molecule has 1 heterocycles. The fourth-order valence-corrected chi connectivity index (χ4v) is 2.06. The minimum atomic E-state index is -0.670. The molecule has 1 aliphatic heterocycles. The standard InChI is InChI=1S/C10H19NO2/c1-8(2)9(10(12)13)11-6-4-3-5-7-11/h8-9H,3-7H2,1-2H3,(H,12,13)/t9-/m1/s1. The second-order valence-corrected chi connectivity index (χ2v) is 4.12. The Bertz CT molecular complexity index is 174. The maximum atomic E-state index is 11.0. The van der Waals surface area contributed by atoms with Gasteiger partial charge >= 0.3 is 5.97 Å². The lowest BCUT2D eigenvalue weighted by Crippen LogP contribution is -2.47. The summed E-state index contributed by atoms with van der Waals surface area (Å²) in [6.45, 7) is 5.87. The molecule has 3 heteroatoms. The molecule has 0 aliphatic carbocycles. The van der Waals surface area contributed by atoms with Crippen molar-refractivity contribution in [1.29, 1.82) is 0 Å². The van der Waals surface area contributed by atoms with Gasteiger partial charge in [0.2, 0.25) is 0 Å². The van der Waals surface area contributed by atoms with E-state index in [9.17, 15) is 4.79 Å². The van der Waals surface area contributed by atoms with Gasteiger partial charge in [-0.25, -0.2) is 0 Å². The number of likely N-dealkylation sites (tertiary alicyclic amines) is 1. The fourth-order valence-electron chi connectivity index (χ4n) is 2.06. The van der Waals surface area contributed by atoms with Crippen LogP contribution in [0.2, 0.25) is 0 Å². The molecule has 1 rings (SSSR count). The molecule has 1 saturated heterocycles. The van der Waals surface area contributed by atoms with E-state index in [-0.39, 0.29) is 12.0 Å². The smallest absolute Gasteiger partial charge is 0.321 e. The largest absolute Gasteiger partial charge is 0.480 e. The summed E-state index contributed by atoms with van der Waals surface area (Å²) in [5.74, 6) is -0.465. The van der Waals surface area contributed by atoms with Crippen LogP contribution >= 0.6 is 0 Å². The topological polar surface area (TPSA) is 40.5 Å². The Morgan fingerprint density at radius 2 is 1.77 bits per heavy atom. The van der Waals surface area contributed by atoms with Crippen molar-refractivity contribution < 1.29 is 9.90 Å². The monoisotopic (exact) mass is 185 g/mol. The predicted molar refractivity (Wildman–Crippen MR) is 51.7 cm³/mol. The van der Waals surface area contributed by atoms with Crippen molar-refractivity contribution in [1.82, 2.24) is 4.90 Å². The molecule has 0 bridgehead atoms. The first-order chi connectivity index (χ1) is 6.13. The van der Waals surface area contributed by atoms with E-state index in [1.54, 1.807) is 0 Å². The van der Waals surface area contributed by atoms with Crippen LogP contribution in [0.25, 0.3) is 0 Å². The zero-order valence-electron chi connectivity index (χ0n) is 8.49. The molecule has 13 heavy (non-hydrogen) atoms. The molecule has 0 radical (unpaired) electrons. The third-order valence-corrected chi connectivity index (χ3v) is 2.67. The molecule has 0 amide bonds. The van der Waals surface area contributed by atoms with Gasteiger partial charge in [-0.15, -0.1) is 0 Å². The number of rotatable bonds is 3. The lowest BCUT2D eigenvalue weighted by molar-refractivity contribution is -0.145. The molecule has 76 valence electrons. The number of hydrogen-bond donors (Lipinski definition) is 1. The number of carboxylic acid groups (broad SMARTS) is 1. The summed E-state index contributed by atoms with van der Waals surface area (Å²) in [5, 5.41) is 9.05. The van der Waals surface area contributed by atoms with Crippen molar-refractivity contribution >= 4 is 5.97 Å². The molecule has 1 atom stereocenters. The maximum absolute atomic E-state index is 11.0. The summed E-state index contributed by atoms with van der Waals surface area (Å²) >= 11 is 0. The average Bonchev–Trinajstić information content (AvgIpc) is 2.04. The number of piperidine rings is 1. The summed E-state index contributed by atoms with van der Waals surface area (Å²) in [7, 11) is 0. The number of nitrogens with zero attached hydrogens (tertiary/aromatic N) is 1. The third-order valence-electron chi connectivity index (χ3n) is 2.67. The quantitative estimate of drug-likeness (QED) is 0.725. The van der Waals surface area contributed by atoms with Gasteiger partial charge in [0.25, 0.3) is 0 Å². The minimum absolute atomic E-state index is 0.204. The maximum Gasteiger partial charge on any atom is 0.321 e. The highest BCUT2D eigenvalue weighted by Crippen LogP contribution is 2.17. The zero-order chi connectivity index (χ0) is 9.84. The number of hydrogen-bond acceptors (Lipinski definition) is 2. The van der Waals surface area contributed by atoms with Gasteiger partial charge in [-0.3, -0.25) is 9.69 Å². The van der Waals surface area contributed by atoms with E-state index < -0.39 is 5.97 Å². The van der Waals surface area contributed by atoms with Gasteiger partial charge in [-0.1, -0.05) is 20.3 Å². The van der Waals surface area contributed by atoms with E-state index >= 15 is 0 Å². The second kappa shape index (κ2) is 4.61. The van der Waals surface area contributed by atoms with Crippen LogP contribution < -0.4 is 0 Å². The van der Waals surface area contributed by atoms with E-state index in [0.29, 0.717) is 0 Å². The van der Waals surface area contributed by atoms with Gasteiger partial charge in [-0.05, 0) is 31.8 Å². The van der Waals surface area contributed by atoms with Gasteiger partial charge in [0.15, 0.2) is 0 Å². The van der Waals surface area contributed by atoms with Crippen LogP contribution in [0, 0.1) is 5.92 Å². The first kappa shape index (κ1) is 10.5. The Balaban J connectivity index is 2.57. The van der Waals surface area contributed by atoms with E-state index in [1.165, 1.54) is 6.42 Å². The Morgan fingerprint density at radius 3 is 2.15 bits per heavy atom. The van der Waals surface area contributed by atoms with E-state index in [4.69, 9.17) is 5.11 Å². The number of aliphatic carboxylic acids is 1. The summed E-state index contributed by atoms with van der Waals surface area (Å²) in [5.41, 5.74) is 0. The Hall–Kier alpha value is -0.570. The van der Waals surface area contributed by atoms with Crippen LogP contribution in [-0.4, -0.2) is 35.1 Å². The van der Waals surface area contributed by atoms with Gasteiger partial charge < -0.3 is 5.11 Å². The molecule has 0 spiro atoms. The highest BCUT2D eigenvalue weighted by atomic mass is 16.4. The van der Waals surface area contributed by atoms with Crippen LogP contribution in [0.4, 0.5) is 0 Å². The highest BCUT2D eigenvalue weighted by molar-refractivity contribution is 5.73. The van der Waals surface area contributed by atoms with E-state index in [2.05, 4.69) is 4.90 Å². The molecular weight excluding hydrogens is 166 g/mol. The third kappa shape index (κ3) is 2.69. The molecule has 3 nitrogen and oxygen atoms in total. The van der Waals surface area contributed by atoms with Crippen LogP contribution in [0.3, 0.4) is 0 Å². The molecule has 0 unspecified atom stereocenters. The molecule has 0 aromatic rings. The lowest BCUT2D eigenvalue weighted by atomic mass is 9.99. The number of carbonyl (C=O) groups is 1. The first-order valence-electron chi connectivity index (χ1n) is 5.10. The summed E-state index contributed by atoms with van der Waals surface area (Å²) in [6, 6.07) is -0.278. The average molecular weight is 185 g/mol. The second-order valence-electron chi connectivity index (χ2n) is 4.12. The van der Waals surface area contributed by atoms with E-state index in [0.717, 1.165) is 25.9 Å². The molecule has 0 saturated carbocycles. The van der Waals surface area contributed by atoms with Crippen molar-refractivity contribution in [3.05, 3.63) is 0 Å². The summed E-state index contributed by atoms with van der Waals surface area (Å²) in [4.78, 5) is 13.1. The van der Waals surface area contributed by atoms with Crippen LogP contribution in [0.1, 0.15) is 33.1 Å². The summed E-state index contributed by atoms with van der Waals surface area (Å²) in [6.07, 6.45) is 3.55. The van der Waals surface area contributed by atoms with Crippen molar-refractivity contribution in [3.8, 4) is 0 Å². The van der Waals surface area contributed by atoms with Crippen LogP contribution in [-0.2, 0) is 4.79 Å². The molecule has 1 fully saturated rings. The molecular formula is C10H19NO2. The molecule has 0 aromatic heterocycles. The predicted octanol–water partition coefficient (Wildman–Crippen LogP) is 1.58.